The van der Waals surface area contributed by atoms with Gasteiger partial charge in [0.1, 0.15) is 12.4 Å². The maximum Gasteiger partial charge on any atom is 0.416 e. The van der Waals surface area contributed by atoms with E-state index in [1.807, 2.05) is 30.3 Å². The fourth-order valence-electron chi connectivity index (χ4n) is 2.62. The van der Waals surface area contributed by atoms with Crippen LogP contribution in [0.25, 0.3) is 11.1 Å². The molecule has 0 aliphatic carbocycles. The van der Waals surface area contributed by atoms with Gasteiger partial charge in [0.25, 0.3) is 0 Å². The highest BCUT2D eigenvalue weighted by atomic mass is 19.4. The number of aliphatic hydroxyl groups is 1. The third kappa shape index (κ3) is 4.24. The molecule has 0 bridgehead atoms. The Labute approximate surface area is 149 Å². The first-order chi connectivity index (χ1) is 12.5. The summed E-state index contributed by atoms with van der Waals surface area (Å²) in [5, 5.41) is 9.36. The molecule has 26 heavy (non-hydrogen) atoms. The van der Waals surface area contributed by atoms with E-state index in [0.717, 1.165) is 17.7 Å². The van der Waals surface area contributed by atoms with Gasteiger partial charge in [-0.3, -0.25) is 0 Å². The van der Waals surface area contributed by atoms with Crippen LogP contribution in [0, 0.1) is 0 Å². The van der Waals surface area contributed by atoms with Gasteiger partial charge in [-0.1, -0.05) is 54.6 Å². The molecule has 3 rings (SSSR count). The minimum absolute atomic E-state index is 0.176. The van der Waals surface area contributed by atoms with Crippen molar-refractivity contribution < 1.29 is 23.0 Å². The molecule has 0 atom stereocenters. The number of hydrogen-bond donors (Lipinski definition) is 1. The number of halogens is 3. The van der Waals surface area contributed by atoms with Crippen molar-refractivity contribution in [2.24, 2.45) is 0 Å². The van der Waals surface area contributed by atoms with Gasteiger partial charge >= 0.3 is 6.18 Å². The zero-order valence-electron chi connectivity index (χ0n) is 13.8. The zero-order chi connectivity index (χ0) is 18.6. The van der Waals surface area contributed by atoms with E-state index in [9.17, 15) is 18.3 Å². The molecule has 0 aliphatic heterocycles. The van der Waals surface area contributed by atoms with Crippen LogP contribution in [0.1, 0.15) is 16.7 Å². The van der Waals surface area contributed by atoms with Crippen LogP contribution in [-0.2, 0) is 19.4 Å². The lowest BCUT2D eigenvalue weighted by molar-refractivity contribution is -0.137. The molecule has 0 radical (unpaired) electrons. The molecular formula is C21H17F3O2. The van der Waals surface area contributed by atoms with Gasteiger partial charge in [0.2, 0.25) is 0 Å². The summed E-state index contributed by atoms with van der Waals surface area (Å²) in [7, 11) is 0. The number of hydrogen-bond acceptors (Lipinski definition) is 2. The van der Waals surface area contributed by atoms with Crippen molar-refractivity contribution in [2.45, 2.75) is 19.4 Å². The number of alkyl halides is 3. The highest BCUT2D eigenvalue weighted by molar-refractivity contribution is 5.71. The van der Waals surface area contributed by atoms with Gasteiger partial charge in [-0.15, -0.1) is 0 Å². The summed E-state index contributed by atoms with van der Waals surface area (Å²) in [5.74, 6) is 0.430. The average molecular weight is 358 g/mol. The second-order valence-electron chi connectivity index (χ2n) is 5.84. The summed E-state index contributed by atoms with van der Waals surface area (Å²) in [6.45, 7) is 0.103. The lowest BCUT2D eigenvalue weighted by Gasteiger charge is -2.15. The smallest absolute Gasteiger partial charge is 0.416 e. The van der Waals surface area contributed by atoms with Crippen LogP contribution in [0.3, 0.4) is 0 Å². The third-order valence-electron chi connectivity index (χ3n) is 3.97. The fraction of sp³-hybridized carbons (Fsp3) is 0.143. The van der Waals surface area contributed by atoms with Crippen molar-refractivity contribution >= 4 is 0 Å². The summed E-state index contributed by atoms with van der Waals surface area (Å²) < 4.78 is 44.9. The molecule has 0 amide bonds. The molecule has 0 fully saturated rings. The predicted octanol–water partition coefficient (Wildman–Crippen LogP) is 5.44. The molecule has 0 aromatic heterocycles. The van der Waals surface area contributed by atoms with Crippen molar-refractivity contribution in [1.29, 1.82) is 0 Å². The third-order valence-corrected chi connectivity index (χ3v) is 3.97. The van der Waals surface area contributed by atoms with Gasteiger partial charge < -0.3 is 9.84 Å². The second-order valence-corrected chi connectivity index (χ2v) is 5.84. The summed E-state index contributed by atoms with van der Waals surface area (Å²) >= 11 is 0. The van der Waals surface area contributed by atoms with E-state index in [2.05, 4.69) is 0 Å². The minimum atomic E-state index is -4.41. The maximum absolute atomic E-state index is 13.0. The Morgan fingerprint density at radius 1 is 0.808 bits per heavy atom. The lowest BCUT2D eigenvalue weighted by atomic mass is 10.0. The number of aliphatic hydroxyl groups excluding tert-OH is 1. The minimum Gasteiger partial charge on any atom is -0.488 e. The quantitative estimate of drug-likeness (QED) is 0.658. The van der Waals surface area contributed by atoms with Gasteiger partial charge in [-0.25, -0.2) is 0 Å². The van der Waals surface area contributed by atoms with Crippen molar-refractivity contribution in [1.82, 2.24) is 0 Å². The van der Waals surface area contributed by atoms with Gasteiger partial charge in [0, 0.05) is 5.56 Å². The Balaban J connectivity index is 1.96. The molecule has 0 heterocycles. The standard InChI is InChI=1S/C21H17F3O2/c22-21(23,24)18-8-4-7-17(12-18)19-10-9-16(13-25)11-20(19)26-14-15-5-2-1-3-6-15/h1-12,25H,13-14H2. The summed E-state index contributed by atoms with van der Waals surface area (Å²) in [6, 6.07) is 19.6. The summed E-state index contributed by atoms with van der Waals surface area (Å²) in [6.07, 6.45) is -4.41. The Bertz CT molecular complexity index is 874. The van der Waals surface area contributed by atoms with Crippen LogP contribution >= 0.6 is 0 Å². The Hall–Kier alpha value is -2.79. The first kappa shape index (κ1) is 18.0. The number of ether oxygens (including phenoxy) is 1. The molecule has 2 nitrogen and oxygen atoms in total. The Kier molecular flexibility index (Phi) is 5.28. The topological polar surface area (TPSA) is 29.5 Å². The number of rotatable bonds is 5. The SMILES string of the molecule is OCc1ccc(-c2cccc(C(F)(F)F)c2)c(OCc2ccccc2)c1. The van der Waals surface area contributed by atoms with Crippen LogP contribution in [0.2, 0.25) is 0 Å². The molecule has 3 aromatic carbocycles. The lowest BCUT2D eigenvalue weighted by Crippen LogP contribution is -2.04. The highest BCUT2D eigenvalue weighted by Crippen LogP contribution is 2.36. The van der Waals surface area contributed by atoms with Crippen LogP contribution < -0.4 is 4.74 Å². The molecule has 0 aliphatic rings. The first-order valence-corrected chi connectivity index (χ1v) is 8.05. The van der Waals surface area contributed by atoms with Gasteiger partial charge in [-0.2, -0.15) is 13.2 Å². The van der Waals surface area contributed by atoms with Crippen molar-refractivity contribution in [3.8, 4) is 16.9 Å². The highest BCUT2D eigenvalue weighted by Gasteiger charge is 2.30. The van der Waals surface area contributed by atoms with Crippen LogP contribution in [0.15, 0.2) is 72.8 Å². The normalized spacial score (nSPS) is 11.4. The molecule has 0 saturated heterocycles. The molecule has 134 valence electrons. The van der Waals surface area contributed by atoms with Crippen LogP contribution in [-0.4, -0.2) is 5.11 Å². The molecule has 0 unspecified atom stereocenters. The van der Waals surface area contributed by atoms with E-state index in [1.54, 1.807) is 24.3 Å². The van der Waals surface area contributed by atoms with Crippen LogP contribution in [0.5, 0.6) is 5.75 Å². The van der Waals surface area contributed by atoms with Gasteiger partial charge in [0.15, 0.2) is 0 Å². The van der Waals surface area contributed by atoms with E-state index < -0.39 is 11.7 Å². The van der Waals surface area contributed by atoms with Crippen molar-refractivity contribution in [2.75, 3.05) is 0 Å². The Morgan fingerprint density at radius 3 is 2.27 bits per heavy atom. The van der Waals surface area contributed by atoms with Gasteiger partial charge in [0.05, 0.1) is 12.2 Å². The zero-order valence-corrected chi connectivity index (χ0v) is 13.8. The summed E-state index contributed by atoms with van der Waals surface area (Å²) in [4.78, 5) is 0. The molecule has 3 aromatic rings. The predicted molar refractivity (Wildman–Crippen MR) is 93.6 cm³/mol. The maximum atomic E-state index is 13.0. The van der Waals surface area contributed by atoms with E-state index in [-0.39, 0.29) is 13.2 Å². The largest absolute Gasteiger partial charge is 0.488 e. The molecular weight excluding hydrogens is 341 g/mol. The van der Waals surface area contributed by atoms with E-state index in [1.165, 1.54) is 6.07 Å². The molecule has 0 saturated carbocycles. The fourth-order valence-corrected chi connectivity index (χ4v) is 2.62. The van der Waals surface area contributed by atoms with E-state index in [0.29, 0.717) is 22.4 Å². The monoisotopic (exact) mass is 358 g/mol. The molecule has 5 heteroatoms. The van der Waals surface area contributed by atoms with E-state index >= 15 is 0 Å². The van der Waals surface area contributed by atoms with Crippen molar-refractivity contribution in [3.63, 3.8) is 0 Å². The molecule has 0 spiro atoms. The van der Waals surface area contributed by atoms with Crippen molar-refractivity contribution in [3.05, 3.63) is 89.5 Å². The first-order valence-electron chi connectivity index (χ1n) is 8.05. The average Bonchev–Trinajstić information content (AvgIpc) is 2.66. The molecule has 1 N–H and O–H groups in total. The number of benzene rings is 3. The van der Waals surface area contributed by atoms with Crippen LogP contribution in [0.4, 0.5) is 13.2 Å². The summed E-state index contributed by atoms with van der Waals surface area (Å²) in [5.41, 5.74) is 1.81. The van der Waals surface area contributed by atoms with Gasteiger partial charge in [-0.05, 0) is 34.9 Å². The second kappa shape index (κ2) is 7.62. The van der Waals surface area contributed by atoms with E-state index in [4.69, 9.17) is 4.74 Å². The Morgan fingerprint density at radius 2 is 1.58 bits per heavy atom.